The fourth-order valence-corrected chi connectivity index (χ4v) is 2.25. The summed E-state index contributed by atoms with van der Waals surface area (Å²) >= 11 is 5.87. The van der Waals surface area contributed by atoms with Crippen LogP contribution in [0.1, 0.15) is 17.2 Å². The van der Waals surface area contributed by atoms with Crippen molar-refractivity contribution in [3.8, 4) is 5.75 Å². The summed E-state index contributed by atoms with van der Waals surface area (Å²) in [5.41, 5.74) is 2.15. The fourth-order valence-electron chi connectivity index (χ4n) is 2.12. The molecule has 0 bridgehead atoms. The lowest BCUT2D eigenvalue weighted by atomic mass is 9.99. The molecule has 0 fully saturated rings. The molecule has 2 rings (SSSR count). The molecule has 0 aliphatic carbocycles. The Morgan fingerprint density at radius 1 is 1.05 bits per heavy atom. The standard InChI is InChI=1S/C16H16ClF2NO/c1-20-15(10-11-2-6-13(17)7-3-11)12-4-8-14(9-5-12)21-16(18)19/h2-9,15-16,20H,10H2,1H3. The van der Waals surface area contributed by atoms with E-state index in [0.717, 1.165) is 17.5 Å². The average molecular weight is 312 g/mol. The summed E-state index contributed by atoms with van der Waals surface area (Å²) < 4.78 is 28.6. The van der Waals surface area contributed by atoms with Crippen molar-refractivity contribution in [1.82, 2.24) is 5.32 Å². The summed E-state index contributed by atoms with van der Waals surface area (Å²) in [6, 6.07) is 14.4. The lowest BCUT2D eigenvalue weighted by Crippen LogP contribution is -2.18. The maximum absolute atomic E-state index is 12.1. The van der Waals surface area contributed by atoms with E-state index in [-0.39, 0.29) is 11.8 Å². The molecule has 5 heteroatoms. The highest BCUT2D eigenvalue weighted by atomic mass is 35.5. The Hall–Kier alpha value is -1.65. The molecule has 0 spiro atoms. The summed E-state index contributed by atoms with van der Waals surface area (Å²) in [5, 5.41) is 3.92. The molecule has 1 unspecified atom stereocenters. The van der Waals surface area contributed by atoms with Crippen molar-refractivity contribution in [3.63, 3.8) is 0 Å². The molecule has 0 aromatic heterocycles. The zero-order valence-corrected chi connectivity index (χ0v) is 12.3. The van der Waals surface area contributed by atoms with Gasteiger partial charge in [-0.3, -0.25) is 0 Å². The Balaban J connectivity index is 2.08. The van der Waals surface area contributed by atoms with Crippen molar-refractivity contribution in [2.75, 3.05) is 7.05 Å². The molecule has 1 N–H and O–H groups in total. The number of hydrogen-bond donors (Lipinski definition) is 1. The van der Waals surface area contributed by atoms with Gasteiger partial charge in [0.15, 0.2) is 0 Å². The van der Waals surface area contributed by atoms with E-state index in [1.165, 1.54) is 0 Å². The first kappa shape index (κ1) is 15.7. The molecule has 0 heterocycles. The highest BCUT2D eigenvalue weighted by Gasteiger charge is 2.11. The Morgan fingerprint density at radius 2 is 1.67 bits per heavy atom. The molecule has 0 aliphatic heterocycles. The zero-order valence-electron chi connectivity index (χ0n) is 11.5. The lowest BCUT2D eigenvalue weighted by molar-refractivity contribution is -0.0498. The molecule has 0 saturated carbocycles. The molecule has 1 atom stereocenters. The molecule has 2 nitrogen and oxygen atoms in total. The first-order chi connectivity index (χ1) is 10.1. The Bertz CT molecular complexity index is 557. The van der Waals surface area contributed by atoms with Gasteiger partial charge in [-0.05, 0) is 48.9 Å². The van der Waals surface area contributed by atoms with Gasteiger partial charge >= 0.3 is 6.61 Å². The van der Waals surface area contributed by atoms with Crippen LogP contribution in [0, 0.1) is 0 Å². The number of hydrogen-bond acceptors (Lipinski definition) is 2. The van der Waals surface area contributed by atoms with Crippen molar-refractivity contribution in [1.29, 1.82) is 0 Å². The summed E-state index contributed by atoms with van der Waals surface area (Å²) in [7, 11) is 1.87. The minimum Gasteiger partial charge on any atom is -0.435 e. The Labute approximate surface area is 127 Å². The highest BCUT2D eigenvalue weighted by Crippen LogP contribution is 2.22. The molecule has 0 saturated heterocycles. The van der Waals surface area contributed by atoms with E-state index in [1.54, 1.807) is 24.3 Å². The number of alkyl halides is 2. The van der Waals surface area contributed by atoms with Crippen LogP contribution in [0.5, 0.6) is 5.75 Å². The van der Waals surface area contributed by atoms with E-state index in [9.17, 15) is 8.78 Å². The summed E-state index contributed by atoms with van der Waals surface area (Å²) in [6.45, 7) is -2.80. The van der Waals surface area contributed by atoms with Crippen LogP contribution in [0.3, 0.4) is 0 Å². The van der Waals surface area contributed by atoms with Crippen LogP contribution in [0.4, 0.5) is 8.78 Å². The van der Waals surface area contributed by atoms with Gasteiger partial charge in [0, 0.05) is 11.1 Å². The monoisotopic (exact) mass is 311 g/mol. The predicted molar refractivity (Wildman–Crippen MR) is 80.0 cm³/mol. The molecule has 112 valence electrons. The maximum atomic E-state index is 12.1. The molecule has 2 aromatic rings. The molecular formula is C16H16ClF2NO. The Kier molecular flexibility index (Phi) is 5.53. The lowest BCUT2D eigenvalue weighted by Gasteiger charge is -2.17. The van der Waals surface area contributed by atoms with E-state index < -0.39 is 6.61 Å². The van der Waals surface area contributed by atoms with Crippen molar-refractivity contribution >= 4 is 11.6 Å². The molecular weight excluding hydrogens is 296 g/mol. The molecule has 2 aromatic carbocycles. The third-order valence-electron chi connectivity index (χ3n) is 3.21. The second kappa shape index (κ2) is 7.38. The summed E-state index contributed by atoms with van der Waals surface area (Å²) in [5.74, 6) is 0.162. The first-order valence-corrected chi connectivity index (χ1v) is 6.93. The van der Waals surface area contributed by atoms with Gasteiger partial charge in [-0.1, -0.05) is 35.9 Å². The van der Waals surface area contributed by atoms with Crippen molar-refractivity contribution in [2.24, 2.45) is 0 Å². The largest absolute Gasteiger partial charge is 0.435 e. The molecule has 0 radical (unpaired) electrons. The van der Waals surface area contributed by atoms with E-state index in [4.69, 9.17) is 11.6 Å². The van der Waals surface area contributed by atoms with Crippen LogP contribution in [0.2, 0.25) is 5.02 Å². The van der Waals surface area contributed by atoms with Crippen molar-refractivity contribution in [2.45, 2.75) is 19.1 Å². The minimum atomic E-state index is -2.80. The number of benzene rings is 2. The van der Waals surface area contributed by atoms with Gasteiger partial charge in [-0.2, -0.15) is 8.78 Å². The number of halogens is 3. The smallest absolute Gasteiger partial charge is 0.387 e. The third kappa shape index (κ3) is 4.69. The molecule has 21 heavy (non-hydrogen) atoms. The normalized spacial score (nSPS) is 12.4. The quantitative estimate of drug-likeness (QED) is 0.851. The summed E-state index contributed by atoms with van der Waals surface area (Å²) in [6.07, 6.45) is 0.780. The third-order valence-corrected chi connectivity index (χ3v) is 3.46. The van der Waals surface area contributed by atoms with E-state index in [0.29, 0.717) is 5.02 Å². The van der Waals surface area contributed by atoms with Gasteiger partial charge in [-0.15, -0.1) is 0 Å². The van der Waals surface area contributed by atoms with Crippen molar-refractivity contribution < 1.29 is 13.5 Å². The number of nitrogens with one attached hydrogen (secondary N) is 1. The van der Waals surface area contributed by atoms with Crippen LogP contribution in [-0.4, -0.2) is 13.7 Å². The van der Waals surface area contributed by atoms with E-state index in [1.807, 2.05) is 31.3 Å². The fraction of sp³-hybridized carbons (Fsp3) is 0.250. The van der Waals surface area contributed by atoms with Gasteiger partial charge in [0.2, 0.25) is 0 Å². The first-order valence-electron chi connectivity index (χ1n) is 6.55. The molecule has 0 aliphatic rings. The van der Waals surface area contributed by atoms with Crippen LogP contribution >= 0.6 is 11.6 Å². The highest BCUT2D eigenvalue weighted by molar-refractivity contribution is 6.30. The zero-order chi connectivity index (χ0) is 15.2. The second-order valence-electron chi connectivity index (χ2n) is 4.62. The van der Waals surface area contributed by atoms with Gasteiger partial charge in [0.25, 0.3) is 0 Å². The SMILES string of the molecule is CNC(Cc1ccc(Cl)cc1)c1ccc(OC(F)F)cc1. The van der Waals surface area contributed by atoms with Gasteiger partial charge in [-0.25, -0.2) is 0 Å². The van der Waals surface area contributed by atoms with Gasteiger partial charge < -0.3 is 10.1 Å². The Morgan fingerprint density at radius 3 is 2.19 bits per heavy atom. The minimum absolute atomic E-state index is 0.0896. The summed E-state index contributed by atoms with van der Waals surface area (Å²) in [4.78, 5) is 0. The van der Waals surface area contributed by atoms with Crippen LogP contribution in [-0.2, 0) is 6.42 Å². The van der Waals surface area contributed by atoms with E-state index >= 15 is 0 Å². The van der Waals surface area contributed by atoms with Crippen LogP contribution < -0.4 is 10.1 Å². The number of likely N-dealkylation sites (N-methyl/N-ethyl adjacent to an activating group) is 1. The maximum Gasteiger partial charge on any atom is 0.387 e. The number of rotatable bonds is 6. The van der Waals surface area contributed by atoms with Gasteiger partial charge in [0.05, 0.1) is 0 Å². The molecule has 0 amide bonds. The average Bonchev–Trinajstić information content (AvgIpc) is 2.47. The van der Waals surface area contributed by atoms with Crippen LogP contribution in [0.25, 0.3) is 0 Å². The number of ether oxygens (including phenoxy) is 1. The topological polar surface area (TPSA) is 21.3 Å². The predicted octanol–water partition coefficient (Wildman–Crippen LogP) is 4.44. The van der Waals surface area contributed by atoms with Gasteiger partial charge in [0.1, 0.15) is 5.75 Å². The van der Waals surface area contributed by atoms with E-state index in [2.05, 4.69) is 10.1 Å². The second-order valence-corrected chi connectivity index (χ2v) is 5.06. The van der Waals surface area contributed by atoms with Crippen molar-refractivity contribution in [3.05, 3.63) is 64.7 Å². The van der Waals surface area contributed by atoms with Crippen LogP contribution in [0.15, 0.2) is 48.5 Å².